The number of rotatable bonds is 1. The molecule has 8 heteroatoms. The molecular weight excluding hydrogens is 482 g/mol. The van der Waals surface area contributed by atoms with Crippen LogP contribution in [0.15, 0.2) is 40.9 Å². The third-order valence-corrected chi connectivity index (χ3v) is 8.33. The van der Waals surface area contributed by atoms with Gasteiger partial charge in [0.25, 0.3) is 0 Å². The lowest BCUT2D eigenvalue weighted by Gasteiger charge is -2.36. The van der Waals surface area contributed by atoms with E-state index in [-0.39, 0.29) is 23.8 Å². The van der Waals surface area contributed by atoms with Crippen molar-refractivity contribution >= 4 is 56.6 Å². The molecule has 4 aliphatic heterocycles. The van der Waals surface area contributed by atoms with Crippen LogP contribution in [-0.2, 0) is 19.9 Å². The number of benzene rings is 2. The molecule has 0 unspecified atom stereocenters. The molecule has 6 rings (SSSR count). The van der Waals surface area contributed by atoms with Crippen LogP contribution in [-0.4, -0.2) is 35.2 Å². The first-order chi connectivity index (χ1) is 14.9. The maximum Gasteiger partial charge on any atom is 0.250 e. The summed E-state index contributed by atoms with van der Waals surface area (Å²) in [6, 6.07) is 10.7. The van der Waals surface area contributed by atoms with Gasteiger partial charge in [-0.05, 0) is 56.1 Å². The standard InChI is InChI=1S/C23H19BrClN3O3/c1-11-15(25)8-7-14-19(11)26-22(31)23(14)18-17(16-6-3-9-27(16)23)20(29)28(21(18)30)13-5-2-4-12(24)10-13/h2,4-5,7-8,10,16-18H,3,6,9H2,1H3,(H,26,31)/t16-,17-,18+,23+/m1/s1. The van der Waals surface area contributed by atoms with Crippen LogP contribution in [0, 0.1) is 18.8 Å². The van der Waals surface area contributed by atoms with Crippen molar-refractivity contribution < 1.29 is 14.4 Å². The van der Waals surface area contributed by atoms with Gasteiger partial charge in [0.2, 0.25) is 17.7 Å². The molecule has 1 N–H and O–H groups in total. The number of halogens is 2. The molecule has 0 aromatic heterocycles. The van der Waals surface area contributed by atoms with E-state index in [0.29, 0.717) is 22.9 Å². The Morgan fingerprint density at radius 1 is 1.16 bits per heavy atom. The van der Waals surface area contributed by atoms with Crippen LogP contribution in [0.1, 0.15) is 24.0 Å². The number of amides is 3. The molecule has 2 aromatic carbocycles. The van der Waals surface area contributed by atoms with Gasteiger partial charge in [-0.25, -0.2) is 4.90 Å². The van der Waals surface area contributed by atoms with Crippen LogP contribution in [0.25, 0.3) is 0 Å². The van der Waals surface area contributed by atoms with E-state index in [1.807, 2.05) is 19.1 Å². The van der Waals surface area contributed by atoms with Gasteiger partial charge in [-0.1, -0.05) is 39.7 Å². The average Bonchev–Trinajstić information content (AvgIpc) is 3.43. The summed E-state index contributed by atoms with van der Waals surface area (Å²) in [5, 5.41) is 3.57. The fraction of sp³-hybridized carbons (Fsp3) is 0.348. The van der Waals surface area contributed by atoms with Crippen molar-refractivity contribution in [3.8, 4) is 0 Å². The molecule has 4 aliphatic rings. The number of nitrogens with zero attached hydrogens (tertiary/aromatic N) is 2. The number of carbonyl (C=O) groups excluding carboxylic acids is 3. The van der Waals surface area contributed by atoms with Crippen LogP contribution in [0.4, 0.5) is 11.4 Å². The lowest BCUT2D eigenvalue weighted by atomic mass is 9.75. The van der Waals surface area contributed by atoms with Gasteiger partial charge < -0.3 is 5.32 Å². The summed E-state index contributed by atoms with van der Waals surface area (Å²) in [6.45, 7) is 2.55. The zero-order chi connectivity index (χ0) is 21.7. The second-order valence-electron chi connectivity index (χ2n) is 8.71. The first kappa shape index (κ1) is 19.5. The second-order valence-corrected chi connectivity index (χ2v) is 10.0. The molecule has 3 saturated heterocycles. The third-order valence-electron chi connectivity index (χ3n) is 7.43. The van der Waals surface area contributed by atoms with Crippen LogP contribution in [0.2, 0.25) is 5.02 Å². The molecule has 3 fully saturated rings. The first-order valence-corrected chi connectivity index (χ1v) is 11.6. The lowest BCUT2D eigenvalue weighted by molar-refractivity contribution is -0.135. The predicted octanol–water partition coefficient (Wildman–Crippen LogP) is 3.84. The number of hydrogen-bond donors (Lipinski definition) is 1. The predicted molar refractivity (Wildman–Crippen MR) is 120 cm³/mol. The van der Waals surface area contributed by atoms with E-state index in [4.69, 9.17) is 11.6 Å². The van der Waals surface area contributed by atoms with Crippen molar-refractivity contribution in [2.24, 2.45) is 11.8 Å². The van der Waals surface area contributed by atoms with Crippen molar-refractivity contribution in [1.29, 1.82) is 0 Å². The van der Waals surface area contributed by atoms with Gasteiger partial charge in [-0.3, -0.25) is 19.3 Å². The summed E-state index contributed by atoms with van der Waals surface area (Å²) in [6.07, 6.45) is 1.69. The van der Waals surface area contributed by atoms with Crippen LogP contribution >= 0.6 is 27.5 Å². The van der Waals surface area contributed by atoms with E-state index in [9.17, 15) is 14.4 Å². The normalized spacial score (nSPS) is 31.4. The Labute approximate surface area is 192 Å². The van der Waals surface area contributed by atoms with Gasteiger partial charge in [0, 0.05) is 21.1 Å². The molecule has 6 nitrogen and oxygen atoms in total. The number of imide groups is 1. The van der Waals surface area contributed by atoms with Crippen molar-refractivity contribution in [3.63, 3.8) is 0 Å². The molecule has 0 saturated carbocycles. The average molecular weight is 501 g/mol. The summed E-state index contributed by atoms with van der Waals surface area (Å²) in [4.78, 5) is 44.6. The lowest BCUT2D eigenvalue weighted by Crippen LogP contribution is -2.54. The molecule has 31 heavy (non-hydrogen) atoms. The van der Waals surface area contributed by atoms with E-state index < -0.39 is 17.4 Å². The first-order valence-electron chi connectivity index (χ1n) is 10.4. The molecule has 2 aromatic rings. The van der Waals surface area contributed by atoms with E-state index in [0.717, 1.165) is 28.4 Å². The van der Waals surface area contributed by atoms with Crippen molar-refractivity contribution in [1.82, 2.24) is 4.90 Å². The van der Waals surface area contributed by atoms with Gasteiger partial charge in [-0.15, -0.1) is 0 Å². The molecule has 3 amide bonds. The molecular formula is C23H19BrClN3O3. The monoisotopic (exact) mass is 499 g/mol. The van der Waals surface area contributed by atoms with Gasteiger partial charge in [0.1, 0.15) is 5.54 Å². The fourth-order valence-corrected chi connectivity index (χ4v) is 6.80. The number of carbonyl (C=O) groups is 3. The summed E-state index contributed by atoms with van der Waals surface area (Å²) in [5.41, 5.74) is 1.57. The minimum absolute atomic E-state index is 0.133. The smallest absolute Gasteiger partial charge is 0.250 e. The van der Waals surface area contributed by atoms with Crippen molar-refractivity contribution in [3.05, 3.63) is 57.0 Å². The number of fused-ring (bicyclic) bond motifs is 7. The van der Waals surface area contributed by atoms with E-state index in [2.05, 4.69) is 26.1 Å². The summed E-state index contributed by atoms with van der Waals surface area (Å²) in [5.74, 6) is -2.05. The Balaban J connectivity index is 1.57. The SMILES string of the molecule is Cc1c(Cl)ccc2c1NC(=O)[C@@]21[C@@H]2C(=O)N(c3cccc(Br)c3)C(=O)[C@@H]2[C@H]2CCCN21. The molecule has 0 bridgehead atoms. The summed E-state index contributed by atoms with van der Waals surface area (Å²) in [7, 11) is 0. The molecule has 1 spiro atoms. The van der Waals surface area contributed by atoms with E-state index in [1.165, 1.54) is 4.90 Å². The Hall–Kier alpha value is -2.22. The van der Waals surface area contributed by atoms with Gasteiger partial charge in [0.05, 0.1) is 23.2 Å². The third kappa shape index (κ3) is 2.24. The molecule has 4 heterocycles. The fourth-order valence-electron chi connectivity index (χ4n) is 6.26. The van der Waals surface area contributed by atoms with Crippen LogP contribution in [0.5, 0.6) is 0 Å². The van der Waals surface area contributed by atoms with E-state index in [1.54, 1.807) is 24.3 Å². The minimum Gasteiger partial charge on any atom is -0.324 e. The van der Waals surface area contributed by atoms with Gasteiger partial charge >= 0.3 is 0 Å². The second kappa shape index (κ2) is 6.40. The van der Waals surface area contributed by atoms with Gasteiger partial charge in [-0.2, -0.15) is 0 Å². The van der Waals surface area contributed by atoms with Crippen molar-refractivity contribution in [2.45, 2.75) is 31.3 Å². The number of hydrogen-bond acceptors (Lipinski definition) is 4. The highest BCUT2D eigenvalue weighted by Gasteiger charge is 2.74. The minimum atomic E-state index is -1.18. The highest BCUT2D eigenvalue weighted by molar-refractivity contribution is 9.10. The number of anilines is 2. The zero-order valence-electron chi connectivity index (χ0n) is 16.7. The molecule has 0 aliphatic carbocycles. The summed E-state index contributed by atoms with van der Waals surface area (Å²) >= 11 is 9.76. The molecule has 4 atom stereocenters. The Morgan fingerprint density at radius 3 is 2.74 bits per heavy atom. The Morgan fingerprint density at radius 2 is 1.97 bits per heavy atom. The van der Waals surface area contributed by atoms with Crippen molar-refractivity contribution in [2.75, 3.05) is 16.8 Å². The largest absolute Gasteiger partial charge is 0.324 e. The van der Waals surface area contributed by atoms with Gasteiger partial charge in [0.15, 0.2) is 0 Å². The molecule has 158 valence electrons. The zero-order valence-corrected chi connectivity index (χ0v) is 19.0. The maximum absolute atomic E-state index is 13.9. The maximum atomic E-state index is 13.9. The Kier molecular flexibility index (Phi) is 4.02. The highest BCUT2D eigenvalue weighted by Crippen LogP contribution is 2.61. The quantitative estimate of drug-likeness (QED) is 0.604. The highest BCUT2D eigenvalue weighted by atomic mass is 79.9. The van der Waals surface area contributed by atoms with E-state index >= 15 is 0 Å². The van der Waals surface area contributed by atoms with Crippen LogP contribution in [0.3, 0.4) is 0 Å². The molecule has 0 radical (unpaired) electrons. The van der Waals surface area contributed by atoms with Crippen LogP contribution < -0.4 is 10.2 Å². The summed E-state index contributed by atoms with van der Waals surface area (Å²) < 4.78 is 0.786. The Bertz CT molecular complexity index is 1200. The topological polar surface area (TPSA) is 69.7 Å². The number of nitrogens with one attached hydrogen (secondary N) is 1.